The van der Waals surface area contributed by atoms with Crippen molar-refractivity contribution in [2.45, 2.75) is 77.4 Å². The highest BCUT2D eigenvalue weighted by atomic mass is 16.2. The van der Waals surface area contributed by atoms with Crippen LogP contribution in [0.4, 0.5) is 0 Å². The molecule has 1 amide bonds. The monoisotopic (exact) mass is 252 g/mol. The molecule has 2 unspecified atom stereocenters. The molecule has 1 N–H and O–H groups in total. The van der Waals surface area contributed by atoms with Gasteiger partial charge in [-0.2, -0.15) is 0 Å². The summed E-state index contributed by atoms with van der Waals surface area (Å²) >= 11 is 0. The van der Waals surface area contributed by atoms with Crippen LogP contribution in [0.25, 0.3) is 0 Å². The fraction of sp³-hybridized carbons (Fsp3) is 0.933. The molecule has 0 bridgehead atoms. The van der Waals surface area contributed by atoms with E-state index < -0.39 is 0 Å². The van der Waals surface area contributed by atoms with Gasteiger partial charge in [-0.05, 0) is 58.4 Å². The van der Waals surface area contributed by atoms with Crippen molar-refractivity contribution in [1.82, 2.24) is 10.2 Å². The Hall–Kier alpha value is -0.570. The van der Waals surface area contributed by atoms with Crippen LogP contribution < -0.4 is 5.32 Å². The Balaban J connectivity index is 2.00. The maximum atomic E-state index is 12.7. The van der Waals surface area contributed by atoms with E-state index in [1.807, 2.05) is 0 Å². The summed E-state index contributed by atoms with van der Waals surface area (Å²) in [4.78, 5) is 14.9. The molecule has 0 aromatic rings. The van der Waals surface area contributed by atoms with Crippen LogP contribution in [0.5, 0.6) is 0 Å². The molecule has 2 aliphatic rings. The molecule has 2 fully saturated rings. The topological polar surface area (TPSA) is 32.3 Å². The molecule has 3 heteroatoms. The van der Waals surface area contributed by atoms with Gasteiger partial charge < -0.3 is 10.2 Å². The maximum Gasteiger partial charge on any atom is 0.240 e. The SMILES string of the molecule is CCC1CCNC(C(=O)N2[C@H](C)CCC[C@@H]2C)C1. The van der Waals surface area contributed by atoms with E-state index in [9.17, 15) is 4.79 Å². The third-order valence-corrected chi connectivity index (χ3v) is 4.84. The van der Waals surface area contributed by atoms with Gasteiger partial charge in [0.25, 0.3) is 0 Å². The van der Waals surface area contributed by atoms with E-state index in [4.69, 9.17) is 0 Å². The Kier molecular flexibility index (Phi) is 4.66. The number of nitrogens with one attached hydrogen (secondary N) is 1. The molecule has 0 aliphatic carbocycles. The first-order chi connectivity index (χ1) is 8.63. The minimum atomic E-state index is 0.0756. The number of rotatable bonds is 2. The normalized spacial score (nSPS) is 37.6. The van der Waals surface area contributed by atoms with Crippen molar-refractivity contribution in [1.29, 1.82) is 0 Å². The Bertz CT molecular complexity index is 282. The van der Waals surface area contributed by atoms with Gasteiger partial charge in [-0.25, -0.2) is 0 Å². The Morgan fingerprint density at radius 1 is 1.22 bits per heavy atom. The van der Waals surface area contributed by atoms with Gasteiger partial charge in [-0.3, -0.25) is 4.79 Å². The molecule has 18 heavy (non-hydrogen) atoms. The molecule has 2 saturated heterocycles. The van der Waals surface area contributed by atoms with Gasteiger partial charge in [0.2, 0.25) is 5.91 Å². The summed E-state index contributed by atoms with van der Waals surface area (Å²) in [6.07, 6.45) is 7.06. The standard InChI is InChI=1S/C15H28N2O/c1-4-13-8-9-16-14(10-13)15(18)17-11(2)6-5-7-12(17)3/h11-14,16H,4-10H2,1-3H3/t11-,12+,13?,14?. The number of likely N-dealkylation sites (tertiary alicyclic amines) is 1. The zero-order chi connectivity index (χ0) is 13.1. The van der Waals surface area contributed by atoms with Gasteiger partial charge in [-0.15, -0.1) is 0 Å². The molecular weight excluding hydrogens is 224 g/mol. The van der Waals surface area contributed by atoms with E-state index in [2.05, 4.69) is 31.0 Å². The molecule has 0 spiro atoms. The lowest BCUT2D eigenvalue weighted by Crippen LogP contribution is -2.56. The second-order valence-electron chi connectivity index (χ2n) is 6.18. The minimum absolute atomic E-state index is 0.0756. The van der Waals surface area contributed by atoms with Gasteiger partial charge in [0.15, 0.2) is 0 Å². The third-order valence-electron chi connectivity index (χ3n) is 4.84. The molecule has 0 aromatic heterocycles. The molecule has 3 nitrogen and oxygen atoms in total. The van der Waals surface area contributed by atoms with E-state index >= 15 is 0 Å². The first-order valence-corrected chi connectivity index (χ1v) is 7.69. The van der Waals surface area contributed by atoms with Crippen LogP contribution in [-0.2, 0) is 4.79 Å². The summed E-state index contributed by atoms with van der Waals surface area (Å²) in [6.45, 7) is 7.65. The van der Waals surface area contributed by atoms with Gasteiger partial charge in [-0.1, -0.05) is 13.3 Å². The quantitative estimate of drug-likeness (QED) is 0.819. The van der Waals surface area contributed by atoms with E-state index in [1.165, 1.54) is 32.1 Å². The molecule has 2 heterocycles. The van der Waals surface area contributed by atoms with Crippen molar-refractivity contribution in [3.8, 4) is 0 Å². The van der Waals surface area contributed by atoms with Crippen molar-refractivity contribution < 1.29 is 4.79 Å². The zero-order valence-electron chi connectivity index (χ0n) is 12.1. The van der Waals surface area contributed by atoms with Crippen LogP contribution in [0.2, 0.25) is 0 Å². The van der Waals surface area contributed by atoms with E-state index in [0.717, 1.165) is 18.9 Å². The number of piperidine rings is 2. The van der Waals surface area contributed by atoms with E-state index in [1.54, 1.807) is 0 Å². The average Bonchev–Trinajstić information content (AvgIpc) is 2.38. The molecule has 0 aromatic carbocycles. The predicted octanol–water partition coefficient (Wildman–Crippen LogP) is 2.55. The van der Waals surface area contributed by atoms with Crippen LogP contribution in [0.15, 0.2) is 0 Å². The fourth-order valence-electron chi connectivity index (χ4n) is 3.59. The van der Waals surface area contributed by atoms with Gasteiger partial charge in [0.05, 0.1) is 6.04 Å². The average molecular weight is 252 g/mol. The van der Waals surface area contributed by atoms with Gasteiger partial charge in [0.1, 0.15) is 0 Å². The molecule has 0 saturated carbocycles. The second-order valence-corrected chi connectivity index (χ2v) is 6.18. The summed E-state index contributed by atoms with van der Waals surface area (Å²) < 4.78 is 0. The number of hydrogen-bond donors (Lipinski definition) is 1. The smallest absolute Gasteiger partial charge is 0.240 e. The largest absolute Gasteiger partial charge is 0.336 e. The second kappa shape index (κ2) is 6.05. The lowest BCUT2D eigenvalue weighted by atomic mass is 9.88. The third kappa shape index (κ3) is 2.87. The fourth-order valence-corrected chi connectivity index (χ4v) is 3.59. The van der Waals surface area contributed by atoms with Crippen molar-refractivity contribution in [3.63, 3.8) is 0 Å². The van der Waals surface area contributed by atoms with Crippen LogP contribution in [0.1, 0.15) is 59.3 Å². The summed E-state index contributed by atoms with van der Waals surface area (Å²) in [7, 11) is 0. The maximum absolute atomic E-state index is 12.7. The summed E-state index contributed by atoms with van der Waals surface area (Å²) in [5.74, 6) is 1.09. The van der Waals surface area contributed by atoms with Crippen molar-refractivity contribution in [2.24, 2.45) is 5.92 Å². The highest BCUT2D eigenvalue weighted by molar-refractivity contribution is 5.82. The molecule has 2 rings (SSSR count). The molecular formula is C15H28N2O. The van der Waals surface area contributed by atoms with Crippen LogP contribution in [0, 0.1) is 5.92 Å². The van der Waals surface area contributed by atoms with Crippen molar-refractivity contribution >= 4 is 5.91 Å². The molecule has 4 atom stereocenters. The van der Waals surface area contributed by atoms with E-state index in [-0.39, 0.29) is 6.04 Å². The van der Waals surface area contributed by atoms with Gasteiger partial charge >= 0.3 is 0 Å². The predicted molar refractivity (Wildman–Crippen MR) is 74.4 cm³/mol. The number of carbonyl (C=O) groups is 1. The Morgan fingerprint density at radius 2 is 1.89 bits per heavy atom. The molecule has 2 aliphatic heterocycles. The summed E-state index contributed by atoms with van der Waals surface area (Å²) in [5, 5.41) is 3.43. The van der Waals surface area contributed by atoms with Crippen molar-refractivity contribution in [3.05, 3.63) is 0 Å². The van der Waals surface area contributed by atoms with E-state index in [0.29, 0.717) is 18.0 Å². The highest BCUT2D eigenvalue weighted by Gasteiger charge is 2.35. The first kappa shape index (κ1) is 13.9. The molecule has 104 valence electrons. The summed E-state index contributed by atoms with van der Waals surface area (Å²) in [6, 6.07) is 0.918. The lowest BCUT2D eigenvalue weighted by molar-refractivity contribution is -0.140. The van der Waals surface area contributed by atoms with Crippen molar-refractivity contribution in [2.75, 3.05) is 6.54 Å². The number of carbonyl (C=O) groups excluding carboxylic acids is 1. The zero-order valence-corrected chi connectivity index (χ0v) is 12.1. The highest BCUT2D eigenvalue weighted by Crippen LogP contribution is 2.26. The summed E-state index contributed by atoms with van der Waals surface area (Å²) in [5.41, 5.74) is 0. The van der Waals surface area contributed by atoms with Crippen LogP contribution >= 0.6 is 0 Å². The number of hydrogen-bond acceptors (Lipinski definition) is 2. The molecule has 0 radical (unpaired) electrons. The Morgan fingerprint density at radius 3 is 2.50 bits per heavy atom. The van der Waals surface area contributed by atoms with Gasteiger partial charge in [0, 0.05) is 12.1 Å². The Labute approximate surface area is 111 Å². The number of amides is 1. The number of nitrogens with zero attached hydrogens (tertiary/aromatic N) is 1. The van der Waals surface area contributed by atoms with Crippen LogP contribution in [0.3, 0.4) is 0 Å². The lowest BCUT2D eigenvalue weighted by Gasteiger charge is -2.42. The first-order valence-electron chi connectivity index (χ1n) is 7.69. The minimum Gasteiger partial charge on any atom is -0.336 e. The van der Waals surface area contributed by atoms with Crippen LogP contribution in [-0.4, -0.2) is 35.5 Å².